The monoisotopic (exact) mass is 463 g/mol. The van der Waals surface area contributed by atoms with Gasteiger partial charge in [-0.15, -0.1) is 0 Å². The molecule has 1 aliphatic rings. The van der Waals surface area contributed by atoms with Gasteiger partial charge >= 0.3 is 0 Å². The Balaban J connectivity index is 1.30. The Morgan fingerprint density at radius 1 is 0.909 bits per heavy atom. The number of carbonyl (C=O) groups excluding carboxylic acids is 3. The maximum atomic E-state index is 12.9. The Kier molecular flexibility index (Phi) is 6.94. The summed E-state index contributed by atoms with van der Waals surface area (Å²) in [5.74, 6) is -0.431. The fourth-order valence-corrected chi connectivity index (χ4v) is 4.37. The van der Waals surface area contributed by atoms with Crippen LogP contribution in [-0.4, -0.2) is 59.7 Å². The number of hydrogen-bond acceptors (Lipinski definition) is 3. The van der Waals surface area contributed by atoms with Gasteiger partial charge in [-0.25, -0.2) is 0 Å². The van der Waals surface area contributed by atoms with Gasteiger partial charge in [0.2, 0.25) is 11.8 Å². The average Bonchev–Trinajstić information content (AvgIpc) is 2.83. The van der Waals surface area contributed by atoms with E-state index in [1.54, 1.807) is 41.0 Å². The molecule has 4 rings (SSSR count). The molecule has 1 heterocycles. The van der Waals surface area contributed by atoms with Gasteiger partial charge < -0.3 is 15.1 Å². The zero-order valence-electron chi connectivity index (χ0n) is 18.5. The lowest BCUT2D eigenvalue weighted by Crippen LogP contribution is -2.55. The van der Waals surface area contributed by atoms with E-state index in [0.29, 0.717) is 36.8 Å². The number of nitrogens with one attached hydrogen (secondary N) is 1. The summed E-state index contributed by atoms with van der Waals surface area (Å²) in [6.45, 7) is 3.43. The lowest BCUT2D eigenvalue weighted by atomic mass is 10.0. The van der Waals surface area contributed by atoms with Gasteiger partial charge in [0, 0.05) is 36.8 Å². The van der Waals surface area contributed by atoms with Crippen molar-refractivity contribution in [3.8, 4) is 0 Å². The first kappa shape index (κ1) is 22.8. The Bertz CT molecular complexity index is 1180. The van der Waals surface area contributed by atoms with Gasteiger partial charge in [0.15, 0.2) is 0 Å². The third-order valence-corrected chi connectivity index (χ3v) is 6.16. The van der Waals surface area contributed by atoms with Gasteiger partial charge in [0.25, 0.3) is 5.91 Å². The summed E-state index contributed by atoms with van der Waals surface area (Å²) in [4.78, 5) is 41.6. The van der Waals surface area contributed by atoms with Crippen LogP contribution in [0.25, 0.3) is 10.8 Å². The van der Waals surface area contributed by atoms with Crippen LogP contribution in [0, 0.1) is 0 Å². The number of hydrogen-bond donors (Lipinski definition) is 1. The van der Waals surface area contributed by atoms with Crippen LogP contribution in [-0.2, 0) is 16.0 Å². The highest BCUT2D eigenvalue weighted by Gasteiger charge is 2.28. The van der Waals surface area contributed by atoms with Crippen molar-refractivity contribution in [1.82, 2.24) is 15.1 Å². The third kappa shape index (κ3) is 5.34. The number of carbonyl (C=O) groups is 3. The normalized spacial score (nSPS) is 14.7. The summed E-state index contributed by atoms with van der Waals surface area (Å²) in [7, 11) is 0. The second kappa shape index (κ2) is 10.0. The minimum atomic E-state index is -0.636. The fourth-order valence-electron chi connectivity index (χ4n) is 4.18. The molecular formula is C26H26ClN3O3. The first-order chi connectivity index (χ1) is 15.9. The maximum absolute atomic E-state index is 12.9. The number of amides is 3. The summed E-state index contributed by atoms with van der Waals surface area (Å²) < 4.78 is 0. The third-order valence-electron chi connectivity index (χ3n) is 5.93. The Labute approximate surface area is 198 Å². The predicted octanol–water partition coefficient (Wildman–Crippen LogP) is 3.53. The van der Waals surface area contributed by atoms with Crippen molar-refractivity contribution in [3.63, 3.8) is 0 Å². The molecule has 33 heavy (non-hydrogen) atoms. The van der Waals surface area contributed by atoms with Gasteiger partial charge in [-0.3, -0.25) is 14.4 Å². The zero-order chi connectivity index (χ0) is 23.4. The number of nitrogens with zero attached hydrogens (tertiary/aromatic N) is 2. The van der Waals surface area contributed by atoms with Crippen LogP contribution in [0.15, 0.2) is 66.7 Å². The summed E-state index contributed by atoms with van der Waals surface area (Å²) in [5.41, 5.74) is 1.47. The molecule has 0 aromatic heterocycles. The van der Waals surface area contributed by atoms with Crippen molar-refractivity contribution in [2.45, 2.75) is 19.4 Å². The van der Waals surface area contributed by atoms with E-state index in [9.17, 15) is 14.4 Å². The summed E-state index contributed by atoms with van der Waals surface area (Å²) >= 11 is 5.99. The largest absolute Gasteiger partial charge is 0.344 e. The van der Waals surface area contributed by atoms with Crippen LogP contribution in [0.4, 0.5) is 0 Å². The molecule has 170 valence electrons. The second-order valence-corrected chi connectivity index (χ2v) is 8.67. The van der Waals surface area contributed by atoms with Crippen LogP contribution in [0.5, 0.6) is 0 Å². The van der Waals surface area contributed by atoms with Crippen molar-refractivity contribution < 1.29 is 14.4 Å². The first-order valence-electron chi connectivity index (χ1n) is 11.0. The summed E-state index contributed by atoms with van der Waals surface area (Å²) in [6.07, 6.45) is 0.209. The van der Waals surface area contributed by atoms with E-state index in [2.05, 4.69) is 5.32 Å². The molecule has 3 aromatic carbocycles. The predicted molar refractivity (Wildman–Crippen MR) is 129 cm³/mol. The fraction of sp³-hybridized carbons (Fsp3) is 0.269. The smallest absolute Gasteiger partial charge is 0.254 e. The van der Waals surface area contributed by atoms with E-state index >= 15 is 0 Å². The second-order valence-electron chi connectivity index (χ2n) is 8.23. The molecule has 1 atom stereocenters. The lowest BCUT2D eigenvalue weighted by Gasteiger charge is -2.36. The van der Waals surface area contributed by atoms with Gasteiger partial charge in [0.1, 0.15) is 6.04 Å². The van der Waals surface area contributed by atoms with Gasteiger partial charge in [0.05, 0.1) is 6.42 Å². The molecule has 7 heteroatoms. The Morgan fingerprint density at radius 2 is 1.58 bits per heavy atom. The molecule has 0 radical (unpaired) electrons. The molecule has 0 unspecified atom stereocenters. The van der Waals surface area contributed by atoms with E-state index in [4.69, 9.17) is 11.6 Å². The average molecular weight is 464 g/mol. The van der Waals surface area contributed by atoms with Crippen molar-refractivity contribution in [1.29, 1.82) is 0 Å². The molecule has 1 fully saturated rings. The van der Waals surface area contributed by atoms with Crippen molar-refractivity contribution in [3.05, 3.63) is 82.9 Å². The number of fused-ring (bicyclic) bond motifs is 1. The minimum absolute atomic E-state index is 0.0963. The van der Waals surface area contributed by atoms with E-state index in [0.717, 1.165) is 16.3 Å². The van der Waals surface area contributed by atoms with E-state index in [1.165, 1.54) is 0 Å². The molecule has 0 aliphatic carbocycles. The molecule has 1 saturated heterocycles. The highest BCUT2D eigenvalue weighted by molar-refractivity contribution is 6.30. The molecular weight excluding hydrogens is 438 g/mol. The van der Waals surface area contributed by atoms with Crippen molar-refractivity contribution >= 4 is 40.1 Å². The van der Waals surface area contributed by atoms with Crippen molar-refractivity contribution in [2.24, 2.45) is 0 Å². The Morgan fingerprint density at radius 3 is 2.33 bits per heavy atom. The minimum Gasteiger partial charge on any atom is -0.344 e. The van der Waals surface area contributed by atoms with Gasteiger partial charge in [-0.2, -0.15) is 0 Å². The summed E-state index contributed by atoms with van der Waals surface area (Å²) in [6, 6.07) is 20.0. The molecule has 3 amide bonds. The maximum Gasteiger partial charge on any atom is 0.254 e. The van der Waals surface area contributed by atoms with Crippen LogP contribution < -0.4 is 5.32 Å². The van der Waals surface area contributed by atoms with Crippen LogP contribution in [0.3, 0.4) is 0 Å². The topological polar surface area (TPSA) is 69.7 Å². The zero-order valence-corrected chi connectivity index (χ0v) is 19.2. The molecule has 3 aromatic rings. The van der Waals surface area contributed by atoms with E-state index < -0.39 is 6.04 Å². The quantitative estimate of drug-likeness (QED) is 0.629. The van der Waals surface area contributed by atoms with Crippen LogP contribution in [0.2, 0.25) is 5.02 Å². The number of piperazine rings is 1. The van der Waals surface area contributed by atoms with E-state index in [1.807, 2.05) is 42.5 Å². The lowest BCUT2D eigenvalue weighted by molar-refractivity contribution is -0.137. The van der Waals surface area contributed by atoms with E-state index in [-0.39, 0.29) is 24.1 Å². The highest BCUT2D eigenvalue weighted by atomic mass is 35.5. The first-order valence-corrected chi connectivity index (χ1v) is 11.4. The Hall–Kier alpha value is -3.38. The SMILES string of the molecule is C[C@H](NC(=O)Cc1cccc2ccccc12)C(=O)N1CCN(C(=O)c2cccc(Cl)c2)CC1. The molecule has 6 nitrogen and oxygen atoms in total. The molecule has 0 bridgehead atoms. The standard InChI is InChI=1S/C26H26ClN3O3/c1-18(28-24(31)17-20-8-4-7-19-6-2-3-11-23(19)20)25(32)29-12-14-30(15-13-29)26(33)21-9-5-10-22(27)16-21/h2-11,16,18H,12-15,17H2,1H3,(H,28,31)/t18-/m0/s1. The molecule has 0 spiro atoms. The van der Waals surface area contributed by atoms with Gasteiger partial charge in [-0.1, -0.05) is 60.1 Å². The molecule has 1 N–H and O–H groups in total. The van der Waals surface area contributed by atoms with Crippen molar-refractivity contribution in [2.75, 3.05) is 26.2 Å². The highest BCUT2D eigenvalue weighted by Crippen LogP contribution is 2.19. The van der Waals surface area contributed by atoms with Gasteiger partial charge in [-0.05, 0) is 41.5 Å². The number of halogens is 1. The van der Waals surface area contributed by atoms with Crippen LogP contribution >= 0.6 is 11.6 Å². The van der Waals surface area contributed by atoms with Crippen LogP contribution in [0.1, 0.15) is 22.8 Å². The number of rotatable bonds is 5. The molecule has 0 saturated carbocycles. The number of benzene rings is 3. The molecule has 1 aliphatic heterocycles. The summed E-state index contributed by atoms with van der Waals surface area (Å²) in [5, 5.41) is 5.46.